The van der Waals surface area contributed by atoms with Crippen LogP contribution in [0.4, 0.5) is 0 Å². The maximum absolute atomic E-state index is 12.1. The predicted octanol–water partition coefficient (Wildman–Crippen LogP) is 5.47. The van der Waals surface area contributed by atoms with Gasteiger partial charge in [-0.15, -0.1) is 0 Å². The van der Waals surface area contributed by atoms with Gasteiger partial charge in [-0.2, -0.15) is 25.3 Å². The minimum atomic E-state index is -5.08. The minimum absolute atomic E-state index is 0.0396. The second-order valence-corrected chi connectivity index (χ2v) is 18.1. The maximum Gasteiger partial charge on any atom is 0.397 e. The van der Waals surface area contributed by atoms with Crippen molar-refractivity contribution in [3.8, 4) is 0 Å². The van der Waals surface area contributed by atoms with Crippen LogP contribution in [0, 0.1) is 58.2 Å². The fourth-order valence-corrected chi connectivity index (χ4v) is 11.9. The summed E-state index contributed by atoms with van der Waals surface area (Å²) in [4.78, 5) is 0. The van der Waals surface area contributed by atoms with Gasteiger partial charge in [0.05, 0.1) is 6.10 Å². The van der Waals surface area contributed by atoms with Crippen molar-refractivity contribution < 1.29 is 51.5 Å². The van der Waals surface area contributed by atoms with Crippen LogP contribution >= 0.6 is 0 Å². The molecule has 15 heteroatoms. The highest BCUT2D eigenvalue weighted by Crippen LogP contribution is 2.69. The summed E-state index contributed by atoms with van der Waals surface area (Å²) < 4.78 is 115. The van der Waals surface area contributed by atoms with E-state index in [0.29, 0.717) is 11.8 Å². The van der Waals surface area contributed by atoms with Crippen LogP contribution in [-0.4, -0.2) is 57.2 Å². The molecule has 5 unspecified atom stereocenters. The molecule has 0 aromatic heterocycles. The van der Waals surface area contributed by atoms with Gasteiger partial charge < -0.3 is 0 Å². The highest BCUT2D eigenvalue weighted by molar-refractivity contribution is 7.81. The van der Waals surface area contributed by atoms with E-state index in [1.165, 1.54) is 0 Å². The fourth-order valence-electron chi connectivity index (χ4n) is 10.3. The topological polar surface area (TPSA) is 191 Å². The molecule has 4 rings (SSSR count). The second kappa shape index (κ2) is 12.8. The summed E-state index contributed by atoms with van der Waals surface area (Å²) >= 11 is 0. The molecule has 0 aromatic carbocycles. The summed E-state index contributed by atoms with van der Waals surface area (Å²) in [7, 11) is -15.0. The third kappa shape index (κ3) is 8.05. The van der Waals surface area contributed by atoms with Gasteiger partial charge in [0.1, 0.15) is 12.2 Å². The summed E-state index contributed by atoms with van der Waals surface area (Å²) in [6, 6.07) is 0. The largest absolute Gasteiger partial charge is 0.397 e. The lowest BCUT2D eigenvalue weighted by molar-refractivity contribution is -0.183. The van der Waals surface area contributed by atoms with E-state index in [2.05, 4.69) is 46.4 Å². The van der Waals surface area contributed by atoms with Crippen LogP contribution < -0.4 is 0 Å². The Morgan fingerprint density at radius 2 is 1.29 bits per heavy atom. The van der Waals surface area contributed by atoms with Gasteiger partial charge in [-0.1, -0.05) is 58.9 Å². The second-order valence-electron chi connectivity index (χ2n) is 14.9. The maximum atomic E-state index is 12.1. The van der Waals surface area contributed by atoms with Gasteiger partial charge in [-0.05, 0) is 110 Å². The number of hydrogen-bond acceptors (Lipinski definition) is 9. The Kier molecular flexibility index (Phi) is 10.5. The van der Waals surface area contributed by atoms with Crippen LogP contribution in [0.25, 0.3) is 0 Å². The van der Waals surface area contributed by atoms with Crippen molar-refractivity contribution in [2.75, 3.05) is 0 Å². The molecule has 0 spiro atoms. The molecular formula is C30H50O12S3. The van der Waals surface area contributed by atoms with E-state index in [4.69, 9.17) is 12.5 Å². The Bertz CT molecular complexity index is 1470. The number of hydrogen-bond donors (Lipinski definition) is 3. The molecule has 0 aromatic rings. The minimum Gasteiger partial charge on any atom is -0.264 e. The highest BCUT2D eigenvalue weighted by atomic mass is 32.3. The molecule has 0 radical (unpaired) electrons. The van der Waals surface area contributed by atoms with Gasteiger partial charge in [-0.3, -0.25) is 13.7 Å². The molecule has 0 saturated heterocycles. The highest BCUT2D eigenvalue weighted by Gasteiger charge is 2.65. The zero-order chi connectivity index (χ0) is 33.9. The van der Waals surface area contributed by atoms with Crippen molar-refractivity contribution in [1.29, 1.82) is 0 Å². The lowest BCUT2D eigenvalue weighted by Gasteiger charge is -2.63. The molecule has 12 atom stereocenters. The van der Waals surface area contributed by atoms with Gasteiger partial charge in [0.25, 0.3) is 0 Å². The molecule has 4 fully saturated rings. The van der Waals surface area contributed by atoms with Crippen molar-refractivity contribution in [3.63, 3.8) is 0 Å². The SMILES string of the molecule is C=C(C)C(/C=C\[C@@H](C)[C@H]1CCC2C3C[C@H](OS(=O)(=O)O)C4C[C@H](OS(=O)(=O)O)[C@@H](OS(=O)(=O)O)C[C@]4(C)C3CC[C@@]21C)C(C)C. The molecule has 45 heavy (non-hydrogen) atoms. The first kappa shape index (κ1) is 36.9. The van der Waals surface area contributed by atoms with Crippen LogP contribution in [0.5, 0.6) is 0 Å². The Hall–Kier alpha value is -0.910. The third-order valence-corrected chi connectivity index (χ3v) is 13.5. The van der Waals surface area contributed by atoms with Crippen LogP contribution in [-0.2, 0) is 43.7 Å². The van der Waals surface area contributed by atoms with Crippen molar-refractivity contribution >= 4 is 31.2 Å². The Morgan fingerprint density at radius 3 is 1.82 bits per heavy atom. The molecule has 4 aliphatic rings. The van der Waals surface area contributed by atoms with Gasteiger partial charge in [0, 0.05) is 0 Å². The normalized spacial score (nSPS) is 40.5. The Morgan fingerprint density at radius 1 is 0.756 bits per heavy atom. The van der Waals surface area contributed by atoms with E-state index in [1.807, 2.05) is 13.8 Å². The summed E-state index contributed by atoms with van der Waals surface area (Å²) in [5, 5.41) is 0. The molecule has 0 bridgehead atoms. The molecule has 0 heterocycles. The Labute approximate surface area is 269 Å². The lowest BCUT2D eigenvalue weighted by atomic mass is 9.43. The molecular weight excluding hydrogens is 649 g/mol. The number of fused-ring (bicyclic) bond motifs is 5. The first-order valence-electron chi connectivity index (χ1n) is 15.8. The summed E-state index contributed by atoms with van der Waals surface area (Å²) in [6.07, 6.45) is 3.91. The molecule has 0 amide bonds. The first-order valence-corrected chi connectivity index (χ1v) is 19.9. The molecule has 0 aliphatic heterocycles. The first-order chi connectivity index (χ1) is 20.4. The lowest BCUT2D eigenvalue weighted by Crippen LogP contribution is -2.62. The van der Waals surface area contributed by atoms with E-state index in [1.54, 1.807) is 0 Å². The number of rotatable bonds is 11. The predicted molar refractivity (Wildman–Crippen MR) is 167 cm³/mol. The monoisotopic (exact) mass is 698 g/mol. The van der Waals surface area contributed by atoms with Crippen molar-refractivity contribution in [1.82, 2.24) is 0 Å². The van der Waals surface area contributed by atoms with Crippen LogP contribution in [0.1, 0.15) is 86.5 Å². The standard InChI is InChI=1S/C30H50O12S3/c1-17(2)20(18(3)4)9-8-19(5)22-10-11-23-21-14-26(40-43(31,32)33)25-15-27(41-44(34,35)36)28(42-45(37,38)39)16-30(25,7)24(21)12-13-29(22,23)6/h8-9,18-28H,1,10-16H2,2-7H3,(H,31,32,33)(H,34,35,36)(H,37,38,39)/b9-8-/t19-,20?,21?,22-,23?,24?,25?,26+,27+,28+,29-,30-/m1/s1. The van der Waals surface area contributed by atoms with E-state index >= 15 is 0 Å². The molecule has 3 N–H and O–H groups in total. The molecule has 260 valence electrons. The van der Waals surface area contributed by atoms with E-state index < -0.39 is 60.8 Å². The van der Waals surface area contributed by atoms with Gasteiger partial charge >= 0.3 is 31.2 Å². The zero-order valence-corrected chi connectivity index (χ0v) is 29.4. The van der Waals surface area contributed by atoms with Crippen LogP contribution in [0.15, 0.2) is 24.3 Å². The number of allylic oxidation sites excluding steroid dienone is 3. The summed E-state index contributed by atoms with van der Waals surface area (Å²) in [5.74, 6) is 0.772. The average molecular weight is 699 g/mol. The van der Waals surface area contributed by atoms with E-state index in [0.717, 1.165) is 31.3 Å². The summed E-state index contributed by atoms with van der Waals surface area (Å²) in [5.41, 5.74) is 0.208. The van der Waals surface area contributed by atoms with Gasteiger partial charge in [-0.25, -0.2) is 12.5 Å². The Balaban J connectivity index is 1.69. The molecule has 4 saturated carbocycles. The molecule has 12 nitrogen and oxygen atoms in total. The van der Waals surface area contributed by atoms with Gasteiger partial charge in [0.2, 0.25) is 0 Å². The van der Waals surface area contributed by atoms with Crippen LogP contribution in [0.3, 0.4) is 0 Å². The third-order valence-electron chi connectivity index (χ3n) is 12.0. The van der Waals surface area contributed by atoms with E-state index in [9.17, 15) is 38.9 Å². The quantitative estimate of drug-likeness (QED) is 0.182. The summed E-state index contributed by atoms with van der Waals surface area (Å²) in [6.45, 7) is 17.0. The smallest absolute Gasteiger partial charge is 0.264 e. The van der Waals surface area contributed by atoms with Crippen LogP contribution in [0.2, 0.25) is 0 Å². The van der Waals surface area contributed by atoms with Gasteiger partial charge in [0.15, 0.2) is 0 Å². The fraction of sp³-hybridized carbons (Fsp3) is 0.867. The zero-order valence-electron chi connectivity index (χ0n) is 26.9. The van der Waals surface area contributed by atoms with E-state index in [-0.39, 0.29) is 54.3 Å². The average Bonchev–Trinajstić information content (AvgIpc) is 3.19. The molecule has 4 aliphatic carbocycles. The van der Waals surface area contributed by atoms with Crippen molar-refractivity contribution in [2.24, 2.45) is 58.2 Å². The van der Waals surface area contributed by atoms with Crippen molar-refractivity contribution in [2.45, 2.75) is 105 Å². The van der Waals surface area contributed by atoms with Crippen molar-refractivity contribution in [3.05, 3.63) is 24.3 Å².